The Morgan fingerprint density at radius 3 is 2.70 bits per heavy atom. The number of rotatable bonds is 4. The molecule has 0 atom stereocenters. The van der Waals surface area contributed by atoms with Gasteiger partial charge in [0.05, 0.1) is 16.8 Å². The molecule has 0 saturated carbocycles. The summed E-state index contributed by atoms with van der Waals surface area (Å²) in [5.41, 5.74) is 1.53. The van der Waals surface area contributed by atoms with Gasteiger partial charge < -0.3 is 0 Å². The Kier molecular flexibility index (Phi) is 4.30. The lowest BCUT2D eigenvalue weighted by Crippen LogP contribution is -2.12. The summed E-state index contributed by atoms with van der Waals surface area (Å²) in [6, 6.07) is 13.5. The van der Waals surface area contributed by atoms with Crippen LogP contribution in [0.2, 0.25) is 5.02 Å². The standard InChI is InChI=1S/C17H10ClN5O3S/c18-12-7-6-11(8-14(12)23(25)26)15(24)20-16-21-22-9-13(19-17(22)27-16)10-4-2-1-3-5-10/h1-9H,(H,20,21,24). The Morgan fingerprint density at radius 2 is 2.00 bits per heavy atom. The molecule has 0 radical (unpaired) electrons. The maximum absolute atomic E-state index is 12.3. The van der Waals surface area contributed by atoms with Gasteiger partial charge in [-0.2, -0.15) is 0 Å². The third-order valence-corrected chi connectivity index (χ3v) is 4.90. The molecule has 0 aliphatic rings. The zero-order valence-corrected chi connectivity index (χ0v) is 15.1. The quantitative estimate of drug-likeness (QED) is 0.407. The lowest BCUT2D eigenvalue weighted by Gasteiger charge is -2.02. The number of nitro benzene ring substituents is 1. The van der Waals surface area contributed by atoms with Crippen molar-refractivity contribution in [1.29, 1.82) is 0 Å². The molecule has 2 aromatic carbocycles. The smallest absolute Gasteiger partial charge is 0.288 e. The lowest BCUT2D eigenvalue weighted by atomic mass is 10.2. The van der Waals surface area contributed by atoms with Crippen LogP contribution in [0.3, 0.4) is 0 Å². The molecular formula is C17H10ClN5O3S. The van der Waals surface area contributed by atoms with E-state index in [0.717, 1.165) is 17.3 Å². The number of nitrogens with zero attached hydrogens (tertiary/aromatic N) is 4. The molecule has 2 heterocycles. The van der Waals surface area contributed by atoms with Crippen molar-refractivity contribution in [3.05, 3.63) is 75.4 Å². The van der Waals surface area contributed by atoms with Crippen LogP contribution in [0, 0.1) is 10.1 Å². The Morgan fingerprint density at radius 1 is 1.22 bits per heavy atom. The molecule has 0 spiro atoms. The first-order chi connectivity index (χ1) is 13.0. The molecule has 1 amide bonds. The summed E-state index contributed by atoms with van der Waals surface area (Å²) in [7, 11) is 0. The highest BCUT2D eigenvalue weighted by Gasteiger charge is 2.18. The second kappa shape index (κ2) is 6.78. The third-order valence-electron chi connectivity index (χ3n) is 3.74. The van der Waals surface area contributed by atoms with Crippen LogP contribution in [0.25, 0.3) is 16.2 Å². The van der Waals surface area contributed by atoms with Gasteiger partial charge in [-0.15, -0.1) is 5.10 Å². The van der Waals surface area contributed by atoms with Gasteiger partial charge in [0.25, 0.3) is 11.6 Å². The normalized spacial score (nSPS) is 10.9. The maximum Gasteiger partial charge on any atom is 0.288 e. The first kappa shape index (κ1) is 17.1. The number of amides is 1. The number of aromatic nitrogens is 3. The zero-order chi connectivity index (χ0) is 19.0. The van der Waals surface area contributed by atoms with Crippen molar-refractivity contribution in [3.8, 4) is 11.3 Å². The van der Waals surface area contributed by atoms with Gasteiger partial charge in [-0.3, -0.25) is 20.2 Å². The molecule has 0 fully saturated rings. The van der Waals surface area contributed by atoms with Gasteiger partial charge in [0.15, 0.2) is 0 Å². The van der Waals surface area contributed by atoms with Gasteiger partial charge in [-0.1, -0.05) is 53.3 Å². The molecule has 4 aromatic rings. The first-order valence-electron chi connectivity index (χ1n) is 7.68. The van der Waals surface area contributed by atoms with Crippen LogP contribution < -0.4 is 5.32 Å². The molecule has 4 rings (SSSR count). The van der Waals surface area contributed by atoms with Crippen LogP contribution in [0.4, 0.5) is 10.8 Å². The number of carbonyl (C=O) groups is 1. The molecule has 2 aromatic heterocycles. The summed E-state index contributed by atoms with van der Waals surface area (Å²) in [6.45, 7) is 0. The molecule has 134 valence electrons. The summed E-state index contributed by atoms with van der Waals surface area (Å²) in [5, 5.41) is 18.2. The summed E-state index contributed by atoms with van der Waals surface area (Å²) in [5.74, 6) is -0.518. The SMILES string of the molecule is O=C(Nc1nn2cc(-c3ccccc3)nc2s1)c1ccc(Cl)c([N+](=O)[O-])c1. The van der Waals surface area contributed by atoms with E-state index >= 15 is 0 Å². The van der Waals surface area contributed by atoms with E-state index in [9.17, 15) is 14.9 Å². The largest absolute Gasteiger partial charge is 0.296 e. The summed E-state index contributed by atoms with van der Waals surface area (Å²) < 4.78 is 1.58. The Bertz CT molecular complexity index is 1140. The van der Waals surface area contributed by atoms with Gasteiger partial charge in [-0.25, -0.2) is 9.50 Å². The average molecular weight is 400 g/mol. The minimum atomic E-state index is -0.637. The van der Waals surface area contributed by atoms with Crippen LogP contribution >= 0.6 is 22.9 Å². The van der Waals surface area contributed by atoms with E-state index in [0.29, 0.717) is 10.1 Å². The van der Waals surface area contributed by atoms with E-state index in [1.165, 1.54) is 23.5 Å². The van der Waals surface area contributed by atoms with Crippen molar-refractivity contribution < 1.29 is 9.72 Å². The van der Waals surface area contributed by atoms with E-state index in [2.05, 4.69) is 15.4 Å². The van der Waals surface area contributed by atoms with Crippen molar-refractivity contribution in [2.45, 2.75) is 0 Å². The van der Waals surface area contributed by atoms with Crippen molar-refractivity contribution >= 4 is 44.6 Å². The molecule has 0 aliphatic carbocycles. The Hall–Kier alpha value is -3.30. The Labute approximate surface area is 161 Å². The van der Waals surface area contributed by atoms with Gasteiger partial charge in [0, 0.05) is 17.2 Å². The predicted octanol–water partition coefficient (Wildman–Crippen LogP) is 4.27. The molecule has 27 heavy (non-hydrogen) atoms. The topological polar surface area (TPSA) is 102 Å². The number of nitro groups is 1. The fraction of sp³-hybridized carbons (Fsp3) is 0. The van der Waals surface area contributed by atoms with Gasteiger partial charge in [0.2, 0.25) is 10.1 Å². The van der Waals surface area contributed by atoms with Gasteiger partial charge >= 0.3 is 0 Å². The maximum atomic E-state index is 12.3. The molecule has 0 unspecified atom stereocenters. The highest BCUT2D eigenvalue weighted by atomic mass is 35.5. The van der Waals surface area contributed by atoms with Gasteiger partial charge in [0.1, 0.15) is 5.02 Å². The average Bonchev–Trinajstić information content (AvgIpc) is 3.21. The first-order valence-corrected chi connectivity index (χ1v) is 8.87. The lowest BCUT2D eigenvalue weighted by molar-refractivity contribution is -0.384. The highest BCUT2D eigenvalue weighted by Crippen LogP contribution is 2.27. The fourth-order valence-electron chi connectivity index (χ4n) is 2.46. The highest BCUT2D eigenvalue weighted by molar-refractivity contribution is 7.20. The van der Waals surface area contributed by atoms with Crippen LogP contribution in [0.15, 0.2) is 54.7 Å². The molecule has 0 bridgehead atoms. The van der Waals surface area contributed by atoms with E-state index < -0.39 is 10.8 Å². The summed E-state index contributed by atoms with van der Waals surface area (Å²) in [6.07, 6.45) is 1.77. The van der Waals surface area contributed by atoms with Crippen molar-refractivity contribution in [2.24, 2.45) is 0 Å². The molecule has 0 aliphatic heterocycles. The fourth-order valence-corrected chi connectivity index (χ4v) is 3.42. The van der Waals surface area contributed by atoms with Crippen molar-refractivity contribution in [3.63, 3.8) is 0 Å². The molecule has 10 heteroatoms. The third kappa shape index (κ3) is 3.37. The van der Waals surface area contributed by atoms with Crippen molar-refractivity contribution in [2.75, 3.05) is 5.32 Å². The number of anilines is 1. The van der Waals surface area contributed by atoms with E-state index in [4.69, 9.17) is 11.6 Å². The van der Waals surface area contributed by atoms with E-state index in [1.807, 2.05) is 30.3 Å². The minimum absolute atomic E-state index is 0.0299. The monoisotopic (exact) mass is 399 g/mol. The van der Waals surface area contributed by atoms with E-state index in [-0.39, 0.29) is 16.3 Å². The number of fused-ring (bicyclic) bond motifs is 1. The van der Waals surface area contributed by atoms with E-state index in [1.54, 1.807) is 10.7 Å². The van der Waals surface area contributed by atoms with Crippen LogP contribution in [-0.4, -0.2) is 25.4 Å². The molecular weight excluding hydrogens is 390 g/mol. The van der Waals surface area contributed by atoms with Crippen LogP contribution in [0.5, 0.6) is 0 Å². The second-order valence-electron chi connectivity index (χ2n) is 5.50. The van der Waals surface area contributed by atoms with Crippen molar-refractivity contribution in [1.82, 2.24) is 14.6 Å². The van der Waals surface area contributed by atoms with Crippen LogP contribution in [0.1, 0.15) is 10.4 Å². The Balaban J connectivity index is 1.57. The number of carbonyl (C=O) groups excluding carboxylic acids is 1. The predicted molar refractivity (Wildman–Crippen MR) is 102 cm³/mol. The number of imidazole rings is 1. The zero-order valence-electron chi connectivity index (χ0n) is 13.5. The second-order valence-corrected chi connectivity index (χ2v) is 6.87. The number of hydrogen-bond donors (Lipinski definition) is 1. The number of hydrogen-bond acceptors (Lipinski definition) is 6. The molecule has 1 N–H and O–H groups in total. The van der Waals surface area contributed by atoms with Crippen LogP contribution in [-0.2, 0) is 0 Å². The summed E-state index contributed by atoms with van der Waals surface area (Å²) in [4.78, 5) is 27.8. The number of halogens is 1. The number of benzene rings is 2. The number of nitrogens with one attached hydrogen (secondary N) is 1. The summed E-state index contributed by atoms with van der Waals surface area (Å²) >= 11 is 6.96. The minimum Gasteiger partial charge on any atom is -0.296 e. The molecule has 8 nitrogen and oxygen atoms in total. The van der Waals surface area contributed by atoms with Gasteiger partial charge in [-0.05, 0) is 12.1 Å². The molecule has 0 saturated heterocycles.